The van der Waals surface area contributed by atoms with Crippen molar-refractivity contribution in [1.29, 1.82) is 0 Å². The van der Waals surface area contributed by atoms with Crippen molar-refractivity contribution >= 4 is 94.3 Å². The number of halogens is 2. The molecule has 0 aliphatic carbocycles. The fourth-order valence-corrected chi connectivity index (χ4v) is 14.9. The van der Waals surface area contributed by atoms with Crippen LogP contribution in [0.5, 0.6) is 0 Å². The first-order chi connectivity index (χ1) is 29.2. The number of hydrogen-bond donors (Lipinski definition) is 0. The van der Waals surface area contributed by atoms with E-state index in [1.807, 2.05) is 0 Å². The van der Waals surface area contributed by atoms with Crippen LogP contribution in [0.1, 0.15) is 0 Å². The van der Waals surface area contributed by atoms with Crippen LogP contribution in [0.25, 0.3) is 0 Å². The topological polar surface area (TPSA) is 0 Å². The van der Waals surface area contributed by atoms with Gasteiger partial charge in [0.05, 0.1) is 0 Å². The summed E-state index contributed by atoms with van der Waals surface area (Å²) >= 11 is 0.194. The number of hydrogen-bond acceptors (Lipinski definition) is 0. The Labute approximate surface area is 370 Å². The van der Waals surface area contributed by atoms with E-state index in [2.05, 4.69) is 266 Å². The molecule has 0 aliphatic heterocycles. The van der Waals surface area contributed by atoms with Gasteiger partial charge in [0.15, 0.2) is 0 Å². The molecule has 0 amide bonds. The summed E-state index contributed by atoms with van der Waals surface area (Å²) in [4.78, 5) is 0. The molecule has 0 aromatic heterocycles. The normalized spacial score (nSPS) is 11.1. The Balaban J connectivity index is 0.000000186. The van der Waals surface area contributed by atoms with Crippen molar-refractivity contribution < 1.29 is 13.1 Å². The van der Waals surface area contributed by atoms with Crippen LogP contribution in [-0.2, 0) is 13.1 Å². The molecular formula is C52H44Cl2FeP4+. The van der Waals surface area contributed by atoms with E-state index in [9.17, 15) is 0 Å². The third-order valence-corrected chi connectivity index (χ3v) is 18.1. The van der Waals surface area contributed by atoms with Crippen LogP contribution in [0.15, 0.2) is 266 Å². The van der Waals surface area contributed by atoms with Crippen LogP contribution < -0.4 is 42.4 Å². The summed E-state index contributed by atoms with van der Waals surface area (Å²) in [5.74, 6) is 9.80. The molecule has 8 rings (SSSR count). The van der Waals surface area contributed by atoms with Gasteiger partial charge in [0.2, 0.25) is 0 Å². The van der Waals surface area contributed by atoms with Gasteiger partial charge in [0.25, 0.3) is 0 Å². The van der Waals surface area contributed by atoms with Crippen LogP contribution >= 0.6 is 51.9 Å². The van der Waals surface area contributed by atoms with Crippen molar-refractivity contribution in [1.82, 2.24) is 0 Å². The summed E-state index contributed by atoms with van der Waals surface area (Å²) in [5, 5.41) is 11.1. The van der Waals surface area contributed by atoms with Crippen LogP contribution in [0.4, 0.5) is 0 Å². The minimum absolute atomic E-state index is 0.194. The molecule has 0 bridgehead atoms. The molecule has 0 fully saturated rings. The summed E-state index contributed by atoms with van der Waals surface area (Å²) < 4.78 is 0. The molecule has 59 heavy (non-hydrogen) atoms. The van der Waals surface area contributed by atoms with Crippen molar-refractivity contribution in [3.8, 4) is 0 Å². The summed E-state index contributed by atoms with van der Waals surface area (Å²) in [6.07, 6.45) is 0. The molecule has 0 heterocycles. The Morgan fingerprint density at radius 3 is 0.424 bits per heavy atom. The average molecular weight is 920 g/mol. The second-order valence-electron chi connectivity index (χ2n) is 12.8. The van der Waals surface area contributed by atoms with Crippen LogP contribution in [-0.4, -0.2) is 0 Å². The SMILES string of the molecule is C(=CP(c1ccccc1)c1ccccc1)P(c1ccccc1)c1ccccc1.C(=CP(c1ccccc1)c1ccccc1)P(c1ccccc1)c1ccccc1.[Cl][Fe+][Cl]. The van der Waals surface area contributed by atoms with E-state index >= 15 is 0 Å². The maximum absolute atomic E-state index is 4.76. The van der Waals surface area contributed by atoms with Crippen molar-refractivity contribution in [3.05, 3.63) is 266 Å². The first kappa shape index (κ1) is 44.6. The Hall–Kier alpha value is -3.94. The van der Waals surface area contributed by atoms with Gasteiger partial charge in [0.1, 0.15) is 0 Å². The standard InChI is InChI=1S/2C26H22P2.2ClH.Fe/c2*1-5-13-23(14-6-1)27(24-15-7-2-8-16-24)21-22-28(25-17-9-3-10-18-25)26-19-11-4-12-20-26;;;/h2*1-22H;2*1H;/q;;;;+3/p-2. The second kappa shape index (κ2) is 25.6. The third kappa shape index (κ3) is 14.1. The van der Waals surface area contributed by atoms with Gasteiger partial charge in [0, 0.05) is 0 Å². The van der Waals surface area contributed by atoms with Crippen LogP contribution in [0.3, 0.4) is 0 Å². The fourth-order valence-electron chi connectivity index (χ4n) is 6.26. The Morgan fingerprint density at radius 1 is 0.220 bits per heavy atom. The first-order valence-electron chi connectivity index (χ1n) is 19.0. The minimum atomic E-state index is -0.528. The Bertz CT molecular complexity index is 1880. The zero-order valence-corrected chi connectivity index (χ0v) is 38.5. The molecule has 0 saturated carbocycles. The summed E-state index contributed by atoms with van der Waals surface area (Å²) in [7, 11) is 7.41. The summed E-state index contributed by atoms with van der Waals surface area (Å²) in [5.41, 5.74) is 0. The fraction of sp³-hybridized carbons (Fsp3) is 0. The number of rotatable bonds is 12. The molecular weight excluding hydrogens is 875 g/mol. The first-order valence-corrected chi connectivity index (χ1v) is 27.7. The van der Waals surface area contributed by atoms with E-state index in [1.54, 1.807) is 0 Å². The zero-order chi connectivity index (χ0) is 40.7. The monoisotopic (exact) mass is 918 g/mol. The predicted molar refractivity (Wildman–Crippen MR) is 266 cm³/mol. The molecule has 0 radical (unpaired) electrons. The molecule has 8 aromatic rings. The van der Waals surface area contributed by atoms with Gasteiger partial charge in [-0.15, -0.1) is 0 Å². The van der Waals surface area contributed by atoms with Gasteiger partial charge in [-0.2, -0.15) is 0 Å². The third-order valence-electron chi connectivity index (χ3n) is 9.00. The van der Waals surface area contributed by atoms with E-state index < -0.39 is 31.7 Å². The molecule has 7 heteroatoms. The maximum atomic E-state index is 4.76. The molecule has 0 nitrogen and oxygen atoms in total. The molecule has 0 aliphatic rings. The Morgan fingerprint density at radius 2 is 0.322 bits per heavy atom. The van der Waals surface area contributed by atoms with Gasteiger partial charge in [-0.05, 0) is 74.1 Å². The molecule has 0 atom stereocenters. The van der Waals surface area contributed by atoms with E-state index in [4.69, 9.17) is 20.2 Å². The molecule has 8 aromatic carbocycles. The van der Waals surface area contributed by atoms with Gasteiger partial charge in [-0.1, -0.05) is 266 Å². The van der Waals surface area contributed by atoms with E-state index in [0.717, 1.165) is 0 Å². The summed E-state index contributed by atoms with van der Waals surface area (Å²) in [6, 6.07) is 86.9. The van der Waals surface area contributed by atoms with Crippen LogP contribution in [0, 0.1) is 0 Å². The van der Waals surface area contributed by atoms with Gasteiger partial charge in [-0.25, -0.2) is 0 Å². The predicted octanol–water partition coefficient (Wildman–Crippen LogP) is 12.8. The second-order valence-corrected chi connectivity index (χ2v) is 22.9. The van der Waals surface area contributed by atoms with Crippen molar-refractivity contribution in [2.45, 2.75) is 0 Å². The molecule has 0 N–H and O–H groups in total. The summed E-state index contributed by atoms with van der Waals surface area (Å²) in [6.45, 7) is 0. The quantitative estimate of drug-likeness (QED) is 0.0846. The molecule has 0 spiro atoms. The van der Waals surface area contributed by atoms with Crippen molar-refractivity contribution in [3.63, 3.8) is 0 Å². The number of benzene rings is 8. The average Bonchev–Trinajstić information content (AvgIpc) is 3.32. The van der Waals surface area contributed by atoms with E-state index in [-0.39, 0.29) is 13.1 Å². The van der Waals surface area contributed by atoms with Gasteiger partial charge >= 0.3 is 33.3 Å². The molecule has 293 valence electrons. The van der Waals surface area contributed by atoms with Crippen molar-refractivity contribution in [2.24, 2.45) is 0 Å². The van der Waals surface area contributed by atoms with Crippen molar-refractivity contribution in [2.75, 3.05) is 0 Å². The Kier molecular flexibility index (Phi) is 19.4. The van der Waals surface area contributed by atoms with E-state index in [0.29, 0.717) is 0 Å². The molecule has 0 saturated heterocycles. The molecule has 0 unspecified atom stereocenters. The van der Waals surface area contributed by atoms with Gasteiger partial charge in [-0.3, -0.25) is 0 Å². The van der Waals surface area contributed by atoms with Crippen LogP contribution in [0.2, 0.25) is 0 Å². The zero-order valence-electron chi connectivity index (χ0n) is 32.3. The van der Waals surface area contributed by atoms with E-state index in [1.165, 1.54) is 42.4 Å². The van der Waals surface area contributed by atoms with Gasteiger partial charge < -0.3 is 0 Å².